The summed E-state index contributed by atoms with van der Waals surface area (Å²) in [4.78, 5) is 4.25. The van der Waals surface area contributed by atoms with Gasteiger partial charge in [0.15, 0.2) is 0 Å². The van der Waals surface area contributed by atoms with Crippen molar-refractivity contribution in [3.63, 3.8) is 0 Å². The molecule has 2 aromatic rings. The van der Waals surface area contributed by atoms with Gasteiger partial charge in [0.25, 0.3) is 0 Å². The number of anilines is 1. The van der Waals surface area contributed by atoms with Gasteiger partial charge < -0.3 is 5.73 Å². The molecule has 0 spiro atoms. The molecule has 2 aromatic heterocycles. The summed E-state index contributed by atoms with van der Waals surface area (Å²) in [6.45, 7) is 1.99. The summed E-state index contributed by atoms with van der Waals surface area (Å²) in [6.07, 6.45) is 0. The van der Waals surface area contributed by atoms with Crippen molar-refractivity contribution >= 4 is 17.6 Å². The molecule has 2 rings (SSSR count). The third-order valence-corrected chi connectivity index (χ3v) is 3.27. The number of hydrogen-bond acceptors (Lipinski definition) is 4. The summed E-state index contributed by atoms with van der Waals surface area (Å²) in [5, 5.41) is 5.43. The van der Waals surface area contributed by atoms with E-state index < -0.39 is 0 Å². The maximum absolute atomic E-state index is 5.62. The molecule has 0 aliphatic rings. The summed E-state index contributed by atoms with van der Waals surface area (Å²) in [5.74, 6) is 1.38. The SMILES string of the molecule is Cc1cc(SCc2cccc(N)n2)n(C)n1. The minimum absolute atomic E-state index is 0.569. The van der Waals surface area contributed by atoms with Crippen LogP contribution in [0.5, 0.6) is 0 Å². The molecule has 0 saturated carbocycles. The zero-order valence-corrected chi connectivity index (χ0v) is 10.2. The Morgan fingerprint density at radius 3 is 2.88 bits per heavy atom. The highest BCUT2D eigenvalue weighted by atomic mass is 32.2. The van der Waals surface area contributed by atoms with E-state index in [1.807, 2.05) is 30.8 Å². The van der Waals surface area contributed by atoms with E-state index in [0.717, 1.165) is 22.2 Å². The van der Waals surface area contributed by atoms with Crippen molar-refractivity contribution in [2.45, 2.75) is 17.7 Å². The molecule has 2 N–H and O–H groups in total. The third-order valence-electron chi connectivity index (χ3n) is 2.16. The fraction of sp³-hybridized carbons (Fsp3) is 0.273. The second-order valence-electron chi connectivity index (χ2n) is 3.59. The Hall–Kier alpha value is -1.49. The van der Waals surface area contributed by atoms with Gasteiger partial charge >= 0.3 is 0 Å². The van der Waals surface area contributed by atoms with Crippen molar-refractivity contribution < 1.29 is 0 Å². The van der Waals surface area contributed by atoms with Crippen LogP contribution in [0, 0.1) is 6.92 Å². The van der Waals surface area contributed by atoms with Gasteiger partial charge in [-0.1, -0.05) is 6.07 Å². The zero-order chi connectivity index (χ0) is 11.5. The number of aromatic nitrogens is 3. The van der Waals surface area contributed by atoms with Crippen LogP contribution in [-0.2, 0) is 12.8 Å². The van der Waals surface area contributed by atoms with Gasteiger partial charge in [0.05, 0.1) is 16.4 Å². The van der Waals surface area contributed by atoms with E-state index >= 15 is 0 Å². The second-order valence-corrected chi connectivity index (χ2v) is 4.59. The van der Waals surface area contributed by atoms with Crippen molar-refractivity contribution in [2.75, 3.05) is 5.73 Å². The molecule has 0 saturated heterocycles. The molecule has 2 heterocycles. The number of pyridine rings is 1. The molecule has 0 aromatic carbocycles. The predicted molar refractivity (Wildman–Crippen MR) is 66.2 cm³/mol. The number of nitrogen functional groups attached to an aromatic ring is 1. The van der Waals surface area contributed by atoms with Gasteiger partial charge in [-0.3, -0.25) is 4.68 Å². The number of thioether (sulfide) groups is 1. The lowest BCUT2D eigenvalue weighted by Gasteiger charge is -2.02. The van der Waals surface area contributed by atoms with Gasteiger partial charge in [-0.15, -0.1) is 11.8 Å². The molecule has 0 bridgehead atoms. The lowest BCUT2D eigenvalue weighted by atomic mass is 10.4. The first-order chi connectivity index (χ1) is 7.65. The monoisotopic (exact) mass is 234 g/mol. The predicted octanol–water partition coefficient (Wildman–Crippen LogP) is 2.00. The average molecular weight is 234 g/mol. The minimum Gasteiger partial charge on any atom is -0.384 e. The standard InChI is InChI=1S/C11H14N4S/c1-8-6-11(15(2)14-8)16-7-9-4-3-5-10(12)13-9/h3-6H,7H2,1-2H3,(H2,12,13). The summed E-state index contributed by atoms with van der Waals surface area (Å²) in [7, 11) is 1.95. The first kappa shape index (κ1) is 11.0. The molecule has 0 aliphatic carbocycles. The molecule has 84 valence electrons. The van der Waals surface area contributed by atoms with Crippen LogP contribution < -0.4 is 5.73 Å². The Morgan fingerprint density at radius 2 is 2.25 bits per heavy atom. The van der Waals surface area contributed by atoms with Crippen LogP contribution in [0.3, 0.4) is 0 Å². The van der Waals surface area contributed by atoms with Crippen LogP contribution in [0.1, 0.15) is 11.4 Å². The second kappa shape index (κ2) is 4.57. The van der Waals surface area contributed by atoms with E-state index in [0.29, 0.717) is 5.82 Å². The Kier molecular flexibility index (Phi) is 3.14. The Morgan fingerprint density at radius 1 is 1.44 bits per heavy atom. The molecular formula is C11H14N4S. The van der Waals surface area contributed by atoms with Crippen molar-refractivity contribution in [2.24, 2.45) is 7.05 Å². The molecule has 0 atom stereocenters. The van der Waals surface area contributed by atoms with Crippen LogP contribution in [0.15, 0.2) is 29.3 Å². The van der Waals surface area contributed by atoms with Crippen molar-refractivity contribution in [1.82, 2.24) is 14.8 Å². The van der Waals surface area contributed by atoms with Crippen molar-refractivity contribution in [1.29, 1.82) is 0 Å². The van der Waals surface area contributed by atoms with Crippen molar-refractivity contribution in [3.05, 3.63) is 35.7 Å². The third kappa shape index (κ3) is 2.55. The Labute approximate surface area is 98.9 Å². The summed E-state index contributed by atoms with van der Waals surface area (Å²) < 4.78 is 1.88. The lowest BCUT2D eigenvalue weighted by molar-refractivity contribution is 0.692. The molecule has 0 aliphatic heterocycles. The van der Waals surface area contributed by atoms with Gasteiger partial charge in [-0.25, -0.2) is 4.98 Å². The molecular weight excluding hydrogens is 220 g/mol. The van der Waals surface area contributed by atoms with Crippen LogP contribution >= 0.6 is 11.8 Å². The number of hydrogen-bond donors (Lipinski definition) is 1. The smallest absolute Gasteiger partial charge is 0.123 e. The molecule has 5 heteroatoms. The molecule has 16 heavy (non-hydrogen) atoms. The van der Waals surface area contributed by atoms with Gasteiger partial charge in [-0.2, -0.15) is 5.10 Å². The normalized spacial score (nSPS) is 10.6. The van der Waals surface area contributed by atoms with Gasteiger partial charge in [0.2, 0.25) is 0 Å². The van der Waals surface area contributed by atoms with E-state index in [4.69, 9.17) is 5.73 Å². The number of rotatable bonds is 3. The average Bonchev–Trinajstić information content (AvgIpc) is 2.54. The highest BCUT2D eigenvalue weighted by Gasteiger charge is 2.03. The zero-order valence-electron chi connectivity index (χ0n) is 9.34. The summed E-state index contributed by atoms with van der Waals surface area (Å²) in [6, 6.07) is 7.76. The maximum atomic E-state index is 5.62. The van der Waals surface area contributed by atoms with Crippen LogP contribution in [0.4, 0.5) is 5.82 Å². The highest BCUT2D eigenvalue weighted by molar-refractivity contribution is 7.98. The minimum atomic E-state index is 0.569. The lowest BCUT2D eigenvalue weighted by Crippen LogP contribution is -1.95. The number of nitrogens with zero attached hydrogens (tertiary/aromatic N) is 3. The van der Waals surface area contributed by atoms with E-state index in [1.165, 1.54) is 0 Å². The quantitative estimate of drug-likeness (QED) is 0.825. The molecule has 0 radical (unpaired) electrons. The van der Waals surface area contributed by atoms with Gasteiger partial charge in [0, 0.05) is 12.8 Å². The Balaban J connectivity index is 2.05. The Bertz CT molecular complexity index is 492. The van der Waals surface area contributed by atoms with E-state index in [9.17, 15) is 0 Å². The first-order valence-corrected chi connectivity index (χ1v) is 5.98. The molecule has 0 amide bonds. The number of aryl methyl sites for hydroxylation is 2. The fourth-order valence-electron chi connectivity index (χ4n) is 1.45. The largest absolute Gasteiger partial charge is 0.384 e. The van der Waals surface area contributed by atoms with Gasteiger partial charge in [-0.05, 0) is 25.1 Å². The fourth-order valence-corrected chi connectivity index (χ4v) is 2.39. The molecule has 0 unspecified atom stereocenters. The summed E-state index contributed by atoms with van der Waals surface area (Å²) >= 11 is 1.71. The van der Waals surface area contributed by atoms with E-state index in [2.05, 4.69) is 16.1 Å². The maximum Gasteiger partial charge on any atom is 0.123 e. The summed E-state index contributed by atoms with van der Waals surface area (Å²) in [5.41, 5.74) is 7.65. The van der Waals surface area contributed by atoms with Crippen LogP contribution in [0.2, 0.25) is 0 Å². The van der Waals surface area contributed by atoms with Crippen LogP contribution in [-0.4, -0.2) is 14.8 Å². The first-order valence-electron chi connectivity index (χ1n) is 5.00. The molecule has 0 fully saturated rings. The van der Waals surface area contributed by atoms with Crippen molar-refractivity contribution in [3.8, 4) is 0 Å². The van der Waals surface area contributed by atoms with E-state index in [1.54, 1.807) is 17.8 Å². The van der Waals surface area contributed by atoms with Crippen LogP contribution in [0.25, 0.3) is 0 Å². The van der Waals surface area contributed by atoms with E-state index in [-0.39, 0.29) is 0 Å². The highest BCUT2D eigenvalue weighted by Crippen LogP contribution is 2.22. The molecule has 4 nitrogen and oxygen atoms in total. The van der Waals surface area contributed by atoms with Gasteiger partial charge in [0.1, 0.15) is 5.82 Å². The number of nitrogens with two attached hydrogens (primary N) is 1. The topological polar surface area (TPSA) is 56.7 Å².